The predicted octanol–water partition coefficient (Wildman–Crippen LogP) is 2.70. The van der Waals surface area contributed by atoms with Gasteiger partial charge in [-0.15, -0.1) is 0 Å². The van der Waals surface area contributed by atoms with E-state index in [9.17, 15) is 0 Å². The van der Waals surface area contributed by atoms with Gasteiger partial charge < -0.3 is 10.6 Å². The lowest BCUT2D eigenvalue weighted by molar-refractivity contribution is 0.709. The first-order valence-electron chi connectivity index (χ1n) is 7.51. The number of nitriles is 1. The molecular weight excluding hydrogens is 286 g/mol. The molecule has 23 heavy (non-hydrogen) atoms. The number of nitrogens with zero attached hydrogens (tertiary/aromatic N) is 3. The van der Waals surface area contributed by atoms with Crippen molar-refractivity contribution in [1.82, 2.24) is 15.3 Å². The zero-order valence-corrected chi connectivity index (χ0v) is 12.7. The Bertz CT molecular complexity index is 833. The van der Waals surface area contributed by atoms with Gasteiger partial charge in [-0.05, 0) is 29.8 Å². The number of aromatic nitrogens is 2. The summed E-state index contributed by atoms with van der Waals surface area (Å²) in [5.74, 6) is 0.631. The molecule has 0 bridgehead atoms. The Kier molecular flexibility index (Phi) is 4.77. The normalized spacial score (nSPS) is 10.4. The van der Waals surface area contributed by atoms with E-state index in [0.717, 1.165) is 18.6 Å². The van der Waals surface area contributed by atoms with E-state index in [4.69, 9.17) is 5.26 Å². The van der Waals surface area contributed by atoms with Gasteiger partial charge in [0.2, 0.25) is 0 Å². The van der Waals surface area contributed by atoms with Gasteiger partial charge in [-0.25, -0.2) is 4.98 Å². The Morgan fingerprint density at radius 3 is 2.74 bits per heavy atom. The Hall–Kier alpha value is -2.97. The van der Waals surface area contributed by atoms with E-state index in [-0.39, 0.29) is 0 Å². The summed E-state index contributed by atoms with van der Waals surface area (Å²) >= 11 is 0. The van der Waals surface area contributed by atoms with Crippen LogP contribution in [0, 0.1) is 11.3 Å². The quantitative estimate of drug-likeness (QED) is 0.685. The molecule has 0 radical (unpaired) electrons. The number of hydrogen-bond acceptors (Lipinski definition) is 5. The number of hydrogen-bond donors (Lipinski definition) is 2. The third-order valence-corrected chi connectivity index (χ3v) is 3.57. The van der Waals surface area contributed by atoms with Crippen LogP contribution in [0.15, 0.2) is 54.9 Å². The van der Waals surface area contributed by atoms with Crippen molar-refractivity contribution in [2.24, 2.45) is 0 Å². The summed E-state index contributed by atoms with van der Waals surface area (Å²) in [6.07, 6.45) is 3.49. The van der Waals surface area contributed by atoms with Crippen LogP contribution in [0.2, 0.25) is 0 Å². The van der Waals surface area contributed by atoms with Gasteiger partial charge in [0.05, 0.1) is 11.1 Å². The van der Waals surface area contributed by atoms with Crippen molar-refractivity contribution in [2.75, 3.05) is 18.4 Å². The molecule has 0 aliphatic carbocycles. The van der Waals surface area contributed by atoms with Gasteiger partial charge in [0.1, 0.15) is 11.9 Å². The van der Waals surface area contributed by atoms with Crippen molar-refractivity contribution in [3.05, 3.63) is 66.0 Å². The van der Waals surface area contributed by atoms with Crippen LogP contribution in [0.1, 0.15) is 11.1 Å². The Labute approximate surface area is 135 Å². The highest BCUT2D eigenvalue weighted by Gasteiger charge is 2.02. The highest BCUT2D eigenvalue weighted by Crippen LogP contribution is 2.16. The maximum Gasteiger partial charge on any atom is 0.143 e. The molecule has 2 N–H and O–H groups in total. The van der Waals surface area contributed by atoms with E-state index in [1.807, 2.05) is 24.4 Å². The summed E-state index contributed by atoms with van der Waals surface area (Å²) in [6, 6.07) is 15.8. The molecule has 0 amide bonds. The van der Waals surface area contributed by atoms with E-state index in [2.05, 4.69) is 38.8 Å². The molecule has 0 unspecified atom stereocenters. The van der Waals surface area contributed by atoms with Crippen LogP contribution in [0.4, 0.5) is 5.82 Å². The first-order valence-corrected chi connectivity index (χ1v) is 7.51. The molecular formula is C18H17N5. The standard InChI is InChI=1S/C18H17N5/c19-12-14-5-2-9-22-18(14)23-11-10-20-13-15-4-1-7-17-16(15)6-3-8-21-17/h1-9,20H,10-11,13H2,(H,22,23). The first kappa shape index (κ1) is 14.9. The fourth-order valence-electron chi connectivity index (χ4n) is 2.45. The van der Waals surface area contributed by atoms with Gasteiger partial charge in [0.15, 0.2) is 0 Å². The second kappa shape index (κ2) is 7.34. The second-order valence-corrected chi connectivity index (χ2v) is 5.10. The molecule has 0 saturated carbocycles. The largest absolute Gasteiger partial charge is 0.368 e. The third kappa shape index (κ3) is 3.62. The molecule has 2 heterocycles. The molecule has 5 heteroatoms. The Morgan fingerprint density at radius 2 is 1.83 bits per heavy atom. The summed E-state index contributed by atoms with van der Waals surface area (Å²) in [7, 11) is 0. The van der Waals surface area contributed by atoms with Crippen molar-refractivity contribution in [3.63, 3.8) is 0 Å². The summed E-state index contributed by atoms with van der Waals surface area (Å²) < 4.78 is 0. The molecule has 2 aromatic heterocycles. The lowest BCUT2D eigenvalue weighted by atomic mass is 10.1. The fourth-order valence-corrected chi connectivity index (χ4v) is 2.45. The van der Waals surface area contributed by atoms with E-state index >= 15 is 0 Å². The smallest absolute Gasteiger partial charge is 0.143 e. The van der Waals surface area contributed by atoms with Gasteiger partial charge in [-0.3, -0.25) is 4.98 Å². The molecule has 3 aromatic rings. The van der Waals surface area contributed by atoms with Crippen molar-refractivity contribution in [3.8, 4) is 6.07 Å². The second-order valence-electron chi connectivity index (χ2n) is 5.10. The maximum absolute atomic E-state index is 9.02. The molecule has 0 aliphatic heterocycles. The zero-order chi connectivity index (χ0) is 15.9. The Balaban J connectivity index is 1.53. The minimum atomic E-state index is 0.563. The van der Waals surface area contributed by atoms with Crippen molar-refractivity contribution in [1.29, 1.82) is 5.26 Å². The van der Waals surface area contributed by atoms with Crippen molar-refractivity contribution in [2.45, 2.75) is 6.54 Å². The monoisotopic (exact) mass is 303 g/mol. The highest BCUT2D eigenvalue weighted by molar-refractivity contribution is 5.81. The number of fused-ring (bicyclic) bond motifs is 1. The average Bonchev–Trinajstić information content (AvgIpc) is 2.62. The molecule has 3 rings (SSSR count). The minimum absolute atomic E-state index is 0.563. The molecule has 0 aliphatic rings. The number of nitrogens with one attached hydrogen (secondary N) is 2. The fraction of sp³-hybridized carbons (Fsp3) is 0.167. The first-order chi connectivity index (χ1) is 11.4. The van der Waals surface area contributed by atoms with Crippen molar-refractivity contribution < 1.29 is 0 Å². The van der Waals surface area contributed by atoms with Crippen LogP contribution in [0.5, 0.6) is 0 Å². The zero-order valence-electron chi connectivity index (χ0n) is 12.7. The van der Waals surface area contributed by atoms with Crippen LogP contribution in [0.3, 0.4) is 0 Å². The molecule has 1 aromatic carbocycles. The molecule has 0 spiro atoms. The molecule has 0 atom stereocenters. The number of anilines is 1. The molecule has 114 valence electrons. The van der Waals surface area contributed by atoms with Crippen LogP contribution in [-0.2, 0) is 6.54 Å². The topological polar surface area (TPSA) is 73.6 Å². The van der Waals surface area contributed by atoms with Gasteiger partial charge in [-0.1, -0.05) is 18.2 Å². The highest BCUT2D eigenvalue weighted by atomic mass is 15.0. The van der Waals surface area contributed by atoms with Crippen LogP contribution in [0.25, 0.3) is 10.9 Å². The van der Waals surface area contributed by atoms with E-state index in [1.54, 1.807) is 18.3 Å². The van der Waals surface area contributed by atoms with Gasteiger partial charge in [-0.2, -0.15) is 5.26 Å². The van der Waals surface area contributed by atoms with Crippen LogP contribution in [-0.4, -0.2) is 23.1 Å². The minimum Gasteiger partial charge on any atom is -0.368 e. The average molecular weight is 303 g/mol. The number of benzene rings is 1. The third-order valence-electron chi connectivity index (χ3n) is 3.57. The van der Waals surface area contributed by atoms with Crippen LogP contribution >= 0.6 is 0 Å². The maximum atomic E-state index is 9.02. The van der Waals surface area contributed by atoms with Crippen LogP contribution < -0.4 is 10.6 Å². The summed E-state index contributed by atoms with van der Waals surface area (Å²) in [4.78, 5) is 8.54. The Morgan fingerprint density at radius 1 is 0.957 bits per heavy atom. The molecule has 5 nitrogen and oxygen atoms in total. The van der Waals surface area contributed by atoms with Gasteiger partial charge in [0.25, 0.3) is 0 Å². The molecule has 0 fully saturated rings. The number of pyridine rings is 2. The van der Waals surface area contributed by atoms with E-state index < -0.39 is 0 Å². The summed E-state index contributed by atoms with van der Waals surface area (Å²) in [5, 5.41) is 16.8. The van der Waals surface area contributed by atoms with E-state index in [1.165, 1.54) is 10.9 Å². The van der Waals surface area contributed by atoms with Gasteiger partial charge >= 0.3 is 0 Å². The van der Waals surface area contributed by atoms with E-state index in [0.29, 0.717) is 17.9 Å². The van der Waals surface area contributed by atoms with Crippen molar-refractivity contribution >= 4 is 16.7 Å². The van der Waals surface area contributed by atoms with Gasteiger partial charge in [0, 0.05) is 37.4 Å². The number of rotatable bonds is 6. The lowest BCUT2D eigenvalue weighted by Crippen LogP contribution is -2.22. The summed E-state index contributed by atoms with van der Waals surface area (Å²) in [6.45, 7) is 2.25. The predicted molar refractivity (Wildman–Crippen MR) is 90.9 cm³/mol. The SMILES string of the molecule is N#Cc1cccnc1NCCNCc1cccc2ncccc12. The summed E-state index contributed by atoms with van der Waals surface area (Å²) in [5.41, 5.74) is 2.80. The molecule has 0 saturated heterocycles. The lowest BCUT2D eigenvalue weighted by Gasteiger charge is -2.09.